The number of methoxy groups -OCH3 is 2. The van der Waals surface area contributed by atoms with E-state index in [1.54, 1.807) is 44.3 Å². The Morgan fingerprint density at radius 1 is 1.06 bits per heavy atom. The Morgan fingerprint density at radius 3 is 2.42 bits per heavy atom. The molecule has 270 valence electrons. The van der Waals surface area contributed by atoms with Crippen LogP contribution in [0.3, 0.4) is 0 Å². The lowest BCUT2D eigenvalue weighted by molar-refractivity contribution is -0.129. The predicted octanol–water partition coefficient (Wildman–Crippen LogP) is 6.02. The van der Waals surface area contributed by atoms with Gasteiger partial charge >= 0.3 is 0 Å². The maximum absolute atomic E-state index is 13.5. The van der Waals surface area contributed by atoms with Crippen molar-refractivity contribution >= 4 is 16.7 Å². The highest BCUT2D eigenvalue weighted by molar-refractivity contribution is 5.98. The van der Waals surface area contributed by atoms with Crippen LogP contribution in [0.4, 0.5) is 0 Å². The van der Waals surface area contributed by atoms with Crippen molar-refractivity contribution in [1.29, 1.82) is 5.26 Å². The summed E-state index contributed by atoms with van der Waals surface area (Å²) >= 11 is 0. The number of benzene rings is 2. The Balaban J connectivity index is 1.06. The summed E-state index contributed by atoms with van der Waals surface area (Å²) in [7, 11) is 5.16. The molecule has 4 aliphatic rings. The number of hydrogen-bond acceptors (Lipinski definition) is 8. The van der Waals surface area contributed by atoms with Gasteiger partial charge in [-0.25, -0.2) is 0 Å². The molecular formula is C42H48N6O4. The molecule has 6 heterocycles. The van der Waals surface area contributed by atoms with Crippen molar-refractivity contribution in [1.82, 2.24) is 24.3 Å². The minimum absolute atomic E-state index is 0.0829. The Bertz CT molecular complexity index is 2140. The Hall–Kier alpha value is -4.98. The molecule has 0 N–H and O–H groups in total. The quantitative estimate of drug-likeness (QED) is 0.163. The van der Waals surface area contributed by atoms with E-state index in [-0.39, 0.29) is 28.5 Å². The van der Waals surface area contributed by atoms with Crippen LogP contribution in [0.2, 0.25) is 0 Å². The smallest absolute Gasteiger partial charge is 0.264 e. The molecule has 10 nitrogen and oxygen atoms in total. The van der Waals surface area contributed by atoms with Gasteiger partial charge < -0.3 is 18.9 Å². The Kier molecular flexibility index (Phi) is 9.45. The van der Waals surface area contributed by atoms with E-state index in [9.17, 15) is 14.9 Å². The highest BCUT2D eigenvalue weighted by Crippen LogP contribution is 2.42. The normalized spacial score (nSPS) is 20.6. The average Bonchev–Trinajstić information content (AvgIpc) is 3.13. The summed E-state index contributed by atoms with van der Waals surface area (Å²) in [4.78, 5) is 37.5. The third-order valence-electron chi connectivity index (χ3n) is 11.1. The SMILES string of the molecule is COc1cc(-c2cn(C)c(=O)c3cnccc23)cc(OC)c1CN1C2CC1CN(Cc1cccc3c1CCN(C(=O)/C(C#N)=C/C(C)(C)C)C3C)C2. The first-order chi connectivity index (χ1) is 24.9. The zero-order chi connectivity index (χ0) is 36.9. The molecule has 10 heteroatoms. The number of aryl methyl sites for hydroxylation is 1. The van der Waals surface area contributed by atoms with Gasteiger partial charge in [-0.05, 0) is 71.0 Å². The van der Waals surface area contributed by atoms with Crippen LogP contribution in [0, 0.1) is 16.7 Å². The second-order valence-corrected chi connectivity index (χ2v) is 15.6. The molecule has 0 saturated carbocycles. The average molecular weight is 701 g/mol. The first-order valence-corrected chi connectivity index (χ1v) is 18.1. The monoisotopic (exact) mass is 700 g/mol. The highest BCUT2D eigenvalue weighted by atomic mass is 16.5. The van der Waals surface area contributed by atoms with Crippen molar-refractivity contribution in [2.75, 3.05) is 33.9 Å². The number of fused-ring (bicyclic) bond motifs is 4. The number of carbonyl (C=O) groups is 1. The third kappa shape index (κ3) is 6.48. The van der Waals surface area contributed by atoms with Crippen molar-refractivity contribution in [3.63, 3.8) is 0 Å². The maximum atomic E-state index is 13.5. The van der Waals surface area contributed by atoms with Gasteiger partial charge in [0.2, 0.25) is 0 Å². The van der Waals surface area contributed by atoms with Crippen LogP contribution in [0.5, 0.6) is 11.5 Å². The van der Waals surface area contributed by atoms with Crippen LogP contribution in [0.15, 0.2) is 71.4 Å². The van der Waals surface area contributed by atoms with Gasteiger partial charge in [-0.2, -0.15) is 5.26 Å². The molecule has 2 aromatic heterocycles. The molecule has 3 atom stereocenters. The molecule has 2 aromatic carbocycles. The number of aromatic nitrogens is 2. The molecule has 2 bridgehead atoms. The third-order valence-corrected chi connectivity index (χ3v) is 11.1. The number of allylic oxidation sites excluding steroid dienone is 1. The Morgan fingerprint density at radius 2 is 1.77 bits per heavy atom. The van der Waals surface area contributed by atoms with E-state index in [4.69, 9.17) is 9.47 Å². The summed E-state index contributed by atoms with van der Waals surface area (Å²) < 4.78 is 13.6. The van der Waals surface area contributed by atoms with Crippen molar-refractivity contribution in [3.8, 4) is 28.7 Å². The fraction of sp³-hybridized carbons (Fsp3) is 0.429. The zero-order valence-corrected chi connectivity index (χ0v) is 31.3. The number of nitrogens with zero attached hydrogens (tertiary/aromatic N) is 6. The standard InChI is InChI=1S/C42H48N6O4/c1-26-32-10-8-9-27(33(32)12-14-47(26)40(49)29(19-43)18-42(2,3)4)21-46-22-30-17-31(23-46)48(30)25-37-38(51-6)15-28(16-39(37)52-7)36-24-45(5)41(50)35-20-44-13-11-34(35)36/h8-11,13,15-16,18,20,24,26,30-31H,12,14,17,21-23,25H2,1-7H3/b29-18+. The first-order valence-electron chi connectivity index (χ1n) is 18.1. The van der Waals surface area contributed by atoms with Crippen molar-refractivity contribution < 1.29 is 14.3 Å². The van der Waals surface area contributed by atoms with E-state index in [1.165, 1.54) is 23.1 Å². The van der Waals surface area contributed by atoms with Gasteiger partial charge in [0.25, 0.3) is 11.5 Å². The molecule has 1 amide bonds. The number of carbonyl (C=O) groups excluding carboxylic acids is 1. The molecule has 4 aliphatic heterocycles. The lowest BCUT2D eigenvalue weighted by Gasteiger charge is -2.56. The number of piperidine rings is 1. The molecule has 0 aliphatic carbocycles. The van der Waals surface area contributed by atoms with Gasteiger partial charge in [-0.1, -0.05) is 45.0 Å². The van der Waals surface area contributed by atoms with Crippen LogP contribution in [-0.4, -0.2) is 76.1 Å². The summed E-state index contributed by atoms with van der Waals surface area (Å²) in [6, 6.07) is 15.4. The summed E-state index contributed by atoms with van der Waals surface area (Å²) in [6.07, 6.45) is 8.94. The van der Waals surface area contributed by atoms with E-state index in [0.29, 0.717) is 24.0 Å². The topological polar surface area (TPSA) is 104 Å². The lowest BCUT2D eigenvalue weighted by Crippen LogP contribution is -2.67. The number of hydrogen-bond donors (Lipinski definition) is 0. The van der Waals surface area contributed by atoms with Gasteiger partial charge in [-0.3, -0.25) is 24.4 Å². The van der Waals surface area contributed by atoms with E-state index in [1.807, 2.05) is 37.9 Å². The van der Waals surface area contributed by atoms with Crippen LogP contribution in [-0.2, 0) is 31.4 Å². The van der Waals surface area contributed by atoms with E-state index in [2.05, 4.69) is 58.1 Å². The van der Waals surface area contributed by atoms with E-state index >= 15 is 0 Å². The van der Waals surface area contributed by atoms with Crippen molar-refractivity contribution in [2.45, 2.75) is 71.8 Å². The predicted molar refractivity (Wildman–Crippen MR) is 202 cm³/mol. The number of amides is 1. The summed E-state index contributed by atoms with van der Waals surface area (Å²) in [5.41, 5.74) is 6.59. The van der Waals surface area contributed by atoms with Crippen LogP contribution in [0.25, 0.3) is 21.9 Å². The Labute approximate surface area is 305 Å². The lowest BCUT2D eigenvalue weighted by atomic mass is 9.85. The van der Waals surface area contributed by atoms with E-state index in [0.717, 1.165) is 66.2 Å². The molecule has 3 fully saturated rings. The van der Waals surface area contributed by atoms with E-state index < -0.39 is 0 Å². The number of pyridine rings is 2. The van der Waals surface area contributed by atoms with Gasteiger partial charge in [0.05, 0.1) is 31.2 Å². The number of nitriles is 1. The van der Waals surface area contributed by atoms with Gasteiger partial charge in [0.15, 0.2) is 0 Å². The minimum Gasteiger partial charge on any atom is -0.496 e. The first kappa shape index (κ1) is 35.4. The second-order valence-electron chi connectivity index (χ2n) is 15.6. The summed E-state index contributed by atoms with van der Waals surface area (Å²) in [5, 5.41) is 11.2. The number of rotatable bonds is 8. The van der Waals surface area contributed by atoms with Crippen LogP contribution >= 0.6 is 0 Å². The maximum Gasteiger partial charge on any atom is 0.264 e. The van der Waals surface area contributed by atoms with Gasteiger partial charge in [0, 0.05) is 76.0 Å². The summed E-state index contributed by atoms with van der Waals surface area (Å²) in [6.45, 7) is 12.3. The molecular weight excluding hydrogens is 652 g/mol. The molecule has 8 rings (SSSR count). The van der Waals surface area contributed by atoms with Gasteiger partial charge in [-0.15, -0.1) is 0 Å². The van der Waals surface area contributed by atoms with Crippen LogP contribution in [0.1, 0.15) is 62.4 Å². The largest absolute Gasteiger partial charge is 0.496 e. The fourth-order valence-electron chi connectivity index (χ4n) is 8.52. The highest BCUT2D eigenvalue weighted by Gasteiger charge is 2.45. The van der Waals surface area contributed by atoms with Gasteiger partial charge in [0.1, 0.15) is 23.1 Å². The van der Waals surface area contributed by atoms with Crippen molar-refractivity contribution in [3.05, 3.63) is 99.2 Å². The number of piperazine rings is 1. The molecule has 0 radical (unpaired) electrons. The molecule has 52 heavy (non-hydrogen) atoms. The number of ether oxygens (including phenoxy) is 2. The molecule has 4 aromatic rings. The molecule has 3 unspecified atom stereocenters. The zero-order valence-electron chi connectivity index (χ0n) is 31.3. The molecule has 3 saturated heterocycles. The minimum atomic E-state index is -0.252. The fourth-order valence-corrected chi connectivity index (χ4v) is 8.52. The summed E-state index contributed by atoms with van der Waals surface area (Å²) in [5.74, 6) is 1.35. The second kappa shape index (κ2) is 13.9. The van der Waals surface area contributed by atoms with Crippen molar-refractivity contribution in [2.24, 2.45) is 12.5 Å². The van der Waals surface area contributed by atoms with Crippen LogP contribution < -0.4 is 15.0 Å². The molecule has 0 spiro atoms.